The van der Waals surface area contributed by atoms with Gasteiger partial charge in [0.2, 0.25) is 5.91 Å². The number of piperidine rings is 1. The number of hydrogen-bond donors (Lipinski definition) is 1. The van der Waals surface area contributed by atoms with Gasteiger partial charge in [0, 0.05) is 6.54 Å². The first-order valence-electron chi connectivity index (χ1n) is 4.95. The van der Waals surface area contributed by atoms with Gasteiger partial charge in [-0.25, -0.2) is 0 Å². The molecular weight excluding hydrogens is 200 g/mol. The van der Waals surface area contributed by atoms with E-state index in [1.165, 1.54) is 4.90 Å². The van der Waals surface area contributed by atoms with Crippen LogP contribution in [0.2, 0.25) is 0 Å². The lowest BCUT2D eigenvalue weighted by atomic mass is 9.99. The Labute approximate surface area is 87.4 Å². The van der Waals surface area contributed by atoms with E-state index >= 15 is 0 Å². The van der Waals surface area contributed by atoms with E-state index in [1.807, 2.05) is 0 Å². The van der Waals surface area contributed by atoms with Gasteiger partial charge in [-0.1, -0.05) is 11.8 Å². The summed E-state index contributed by atoms with van der Waals surface area (Å²) >= 11 is 1.12. The van der Waals surface area contributed by atoms with Gasteiger partial charge >= 0.3 is 0 Å². The second kappa shape index (κ2) is 4.31. The molecule has 2 fully saturated rings. The average Bonchev–Trinajstić information content (AvgIpc) is 2.51. The minimum absolute atomic E-state index is 0.0226. The third-order valence-corrected chi connectivity index (χ3v) is 3.54. The molecule has 0 aromatic carbocycles. The van der Waals surface area contributed by atoms with E-state index in [-0.39, 0.29) is 11.1 Å². The molecule has 2 aliphatic rings. The van der Waals surface area contributed by atoms with E-state index in [0.717, 1.165) is 37.7 Å². The average molecular weight is 214 g/mol. The lowest BCUT2D eigenvalue weighted by molar-refractivity contribution is -0.125. The Morgan fingerprint density at radius 3 is 2.93 bits per heavy atom. The second-order valence-corrected chi connectivity index (χ2v) is 4.70. The first-order chi connectivity index (χ1) is 6.77. The fourth-order valence-electron chi connectivity index (χ4n) is 1.90. The molecule has 1 N–H and O–H groups in total. The van der Waals surface area contributed by atoms with Crippen molar-refractivity contribution in [3.05, 3.63) is 0 Å². The molecule has 0 unspecified atom stereocenters. The number of imide groups is 1. The third kappa shape index (κ3) is 2.09. The molecule has 2 rings (SSSR count). The number of carbonyl (C=O) groups excluding carboxylic acids is 2. The van der Waals surface area contributed by atoms with E-state index in [2.05, 4.69) is 5.32 Å². The van der Waals surface area contributed by atoms with Crippen LogP contribution in [0.25, 0.3) is 0 Å². The summed E-state index contributed by atoms with van der Waals surface area (Å²) < 4.78 is 0. The largest absolute Gasteiger partial charge is 0.316 e. The van der Waals surface area contributed by atoms with Crippen LogP contribution in [0.5, 0.6) is 0 Å². The van der Waals surface area contributed by atoms with Crippen molar-refractivity contribution in [1.29, 1.82) is 0 Å². The highest BCUT2D eigenvalue weighted by molar-refractivity contribution is 8.14. The fraction of sp³-hybridized carbons (Fsp3) is 0.778. The number of thioether (sulfide) groups is 1. The van der Waals surface area contributed by atoms with E-state index in [0.29, 0.717) is 18.2 Å². The highest BCUT2D eigenvalue weighted by Gasteiger charge is 2.31. The maximum Gasteiger partial charge on any atom is 0.288 e. The quantitative estimate of drug-likeness (QED) is 0.734. The van der Waals surface area contributed by atoms with Crippen molar-refractivity contribution < 1.29 is 9.59 Å². The van der Waals surface area contributed by atoms with E-state index < -0.39 is 0 Å². The van der Waals surface area contributed by atoms with Crippen LogP contribution in [0.15, 0.2) is 0 Å². The van der Waals surface area contributed by atoms with Gasteiger partial charge in [0.1, 0.15) is 0 Å². The molecule has 1 atom stereocenters. The van der Waals surface area contributed by atoms with Crippen LogP contribution in [0.3, 0.4) is 0 Å². The molecular formula is C9H14N2O2S. The Balaban J connectivity index is 1.89. The van der Waals surface area contributed by atoms with Crippen molar-refractivity contribution in [1.82, 2.24) is 10.2 Å². The highest BCUT2D eigenvalue weighted by Crippen LogP contribution is 2.21. The van der Waals surface area contributed by atoms with Gasteiger partial charge in [0.25, 0.3) is 5.24 Å². The molecule has 14 heavy (non-hydrogen) atoms. The first kappa shape index (κ1) is 9.98. The van der Waals surface area contributed by atoms with Crippen molar-refractivity contribution in [3.63, 3.8) is 0 Å². The van der Waals surface area contributed by atoms with Crippen LogP contribution >= 0.6 is 11.8 Å². The van der Waals surface area contributed by atoms with Gasteiger partial charge in [-0.2, -0.15) is 0 Å². The molecule has 0 saturated carbocycles. The van der Waals surface area contributed by atoms with Crippen molar-refractivity contribution in [2.45, 2.75) is 12.8 Å². The van der Waals surface area contributed by atoms with E-state index in [9.17, 15) is 9.59 Å². The Hall–Kier alpha value is -0.550. The Bertz CT molecular complexity index is 235. The van der Waals surface area contributed by atoms with Gasteiger partial charge in [-0.05, 0) is 31.8 Å². The summed E-state index contributed by atoms with van der Waals surface area (Å²) in [4.78, 5) is 24.0. The number of amides is 2. The van der Waals surface area contributed by atoms with Gasteiger partial charge in [-0.3, -0.25) is 14.5 Å². The first-order valence-corrected chi connectivity index (χ1v) is 5.94. The normalized spacial score (nSPS) is 28.6. The molecule has 0 radical (unpaired) electrons. The monoisotopic (exact) mass is 214 g/mol. The predicted octanol–water partition coefficient (Wildman–Crippen LogP) is 0.681. The van der Waals surface area contributed by atoms with Crippen LogP contribution in [-0.4, -0.2) is 41.4 Å². The lowest BCUT2D eigenvalue weighted by Gasteiger charge is -2.25. The third-order valence-electron chi connectivity index (χ3n) is 2.68. The van der Waals surface area contributed by atoms with Crippen molar-refractivity contribution in [2.75, 3.05) is 25.4 Å². The van der Waals surface area contributed by atoms with Gasteiger partial charge in [-0.15, -0.1) is 0 Å². The molecule has 0 aromatic rings. The summed E-state index contributed by atoms with van der Waals surface area (Å²) in [7, 11) is 0. The SMILES string of the molecule is O=C1CSC(=O)N1C[C@@H]1CCCNC1. The zero-order valence-corrected chi connectivity index (χ0v) is 8.81. The maximum atomic E-state index is 11.3. The van der Waals surface area contributed by atoms with Crippen LogP contribution in [0, 0.1) is 5.92 Å². The molecule has 4 nitrogen and oxygen atoms in total. The molecule has 5 heteroatoms. The van der Waals surface area contributed by atoms with Crippen LogP contribution in [0.1, 0.15) is 12.8 Å². The van der Waals surface area contributed by atoms with Crippen molar-refractivity contribution >= 4 is 22.9 Å². The summed E-state index contributed by atoms with van der Waals surface area (Å²) in [6, 6.07) is 0. The van der Waals surface area contributed by atoms with Crippen LogP contribution in [-0.2, 0) is 4.79 Å². The summed E-state index contributed by atoms with van der Waals surface area (Å²) in [5.41, 5.74) is 0. The maximum absolute atomic E-state index is 11.3. The van der Waals surface area contributed by atoms with Crippen molar-refractivity contribution in [3.8, 4) is 0 Å². The molecule has 2 amide bonds. The summed E-state index contributed by atoms with van der Waals surface area (Å²) in [5.74, 6) is 0.764. The smallest absolute Gasteiger partial charge is 0.288 e. The molecule has 0 spiro atoms. The zero-order chi connectivity index (χ0) is 9.97. The zero-order valence-electron chi connectivity index (χ0n) is 7.99. The number of rotatable bonds is 2. The standard InChI is InChI=1S/C9H14N2O2S/c12-8-6-14-9(13)11(8)5-7-2-1-3-10-4-7/h7,10H,1-6H2/t7-/m1/s1. The molecule has 78 valence electrons. The molecule has 0 aliphatic carbocycles. The van der Waals surface area contributed by atoms with Crippen LogP contribution in [0.4, 0.5) is 4.79 Å². The van der Waals surface area contributed by atoms with Gasteiger partial charge < -0.3 is 5.32 Å². The minimum atomic E-state index is -0.0689. The number of hydrogen-bond acceptors (Lipinski definition) is 4. The van der Waals surface area contributed by atoms with Crippen molar-refractivity contribution in [2.24, 2.45) is 5.92 Å². The minimum Gasteiger partial charge on any atom is -0.316 e. The predicted molar refractivity (Wildman–Crippen MR) is 55.2 cm³/mol. The number of carbonyl (C=O) groups is 2. The summed E-state index contributed by atoms with van der Waals surface area (Å²) in [5, 5.41) is 3.21. The molecule has 2 aliphatic heterocycles. The van der Waals surface area contributed by atoms with E-state index in [4.69, 9.17) is 0 Å². The number of nitrogens with zero attached hydrogens (tertiary/aromatic N) is 1. The van der Waals surface area contributed by atoms with E-state index in [1.54, 1.807) is 0 Å². The Morgan fingerprint density at radius 1 is 1.50 bits per heavy atom. The summed E-state index contributed by atoms with van der Waals surface area (Å²) in [6.45, 7) is 2.60. The molecule has 0 aromatic heterocycles. The molecule has 2 saturated heterocycles. The molecule has 2 heterocycles. The van der Waals surface area contributed by atoms with Gasteiger partial charge in [0.05, 0.1) is 5.75 Å². The molecule has 0 bridgehead atoms. The van der Waals surface area contributed by atoms with Gasteiger partial charge in [0.15, 0.2) is 0 Å². The fourth-order valence-corrected chi connectivity index (χ4v) is 2.63. The highest BCUT2D eigenvalue weighted by atomic mass is 32.2. The lowest BCUT2D eigenvalue weighted by Crippen LogP contribution is -2.40. The Morgan fingerprint density at radius 2 is 2.36 bits per heavy atom. The topological polar surface area (TPSA) is 49.4 Å². The van der Waals surface area contributed by atoms with Crippen LogP contribution < -0.4 is 5.32 Å². The number of nitrogens with one attached hydrogen (secondary N) is 1. The summed E-state index contributed by atoms with van der Waals surface area (Å²) in [6.07, 6.45) is 2.27. The Kier molecular flexibility index (Phi) is 3.08. The second-order valence-electron chi connectivity index (χ2n) is 3.77.